The van der Waals surface area contributed by atoms with E-state index in [0.29, 0.717) is 12.8 Å². The standard InChI is InChI=1S/C18H17N3O4S/c1-11-2-7-17-15(8-11)16-9-12(10-18(16)19-17)20-26(24,25)14-5-3-13(4-6-14)21(22)23/h2-8,12,19-20H,9-10H2,1H3. The normalized spacial score (nSPS) is 16.7. The number of hydrogen-bond acceptors (Lipinski definition) is 4. The van der Waals surface area contributed by atoms with E-state index in [-0.39, 0.29) is 16.6 Å². The zero-order valence-electron chi connectivity index (χ0n) is 14.0. The lowest BCUT2D eigenvalue weighted by molar-refractivity contribution is -0.384. The molecular weight excluding hydrogens is 354 g/mol. The third-order valence-corrected chi connectivity index (χ3v) is 6.27. The number of fused-ring (bicyclic) bond motifs is 3. The topological polar surface area (TPSA) is 105 Å². The molecule has 0 radical (unpaired) electrons. The molecule has 2 N–H and O–H groups in total. The fraction of sp³-hybridized carbons (Fsp3) is 0.222. The number of nitro groups is 1. The number of nitro benzene ring substituents is 1. The van der Waals surface area contributed by atoms with E-state index in [1.54, 1.807) is 0 Å². The van der Waals surface area contributed by atoms with Crippen LogP contribution in [0.4, 0.5) is 5.69 Å². The molecule has 8 heteroatoms. The molecule has 1 heterocycles. The average Bonchev–Trinajstić information content (AvgIpc) is 3.12. The van der Waals surface area contributed by atoms with Gasteiger partial charge in [-0.15, -0.1) is 0 Å². The molecule has 1 atom stereocenters. The number of H-pyrrole nitrogens is 1. The number of non-ortho nitro benzene ring substituents is 1. The van der Waals surface area contributed by atoms with Gasteiger partial charge in [0.15, 0.2) is 0 Å². The van der Waals surface area contributed by atoms with E-state index in [1.165, 1.54) is 24.3 Å². The van der Waals surface area contributed by atoms with Crippen molar-refractivity contribution in [2.45, 2.75) is 30.7 Å². The van der Waals surface area contributed by atoms with Crippen molar-refractivity contribution in [3.63, 3.8) is 0 Å². The highest BCUT2D eigenvalue weighted by Crippen LogP contribution is 2.31. The van der Waals surface area contributed by atoms with Crippen LogP contribution < -0.4 is 4.72 Å². The Morgan fingerprint density at radius 1 is 1.15 bits per heavy atom. The number of nitrogens with one attached hydrogen (secondary N) is 2. The summed E-state index contributed by atoms with van der Waals surface area (Å²) in [6, 6.07) is 10.9. The van der Waals surface area contributed by atoms with Crippen LogP contribution in [0.1, 0.15) is 16.8 Å². The van der Waals surface area contributed by atoms with E-state index >= 15 is 0 Å². The van der Waals surface area contributed by atoms with Gasteiger partial charge in [0, 0.05) is 41.2 Å². The Hall–Kier alpha value is -2.71. The zero-order chi connectivity index (χ0) is 18.5. The Balaban J connectivity index is 1.55. The minimum absolute atomic E-state index is 0.0272. The van der Waals surface area contributed by atoms with Crippen molar-refractivity contribution < 1.29 is 13.3 Å². The van der Waals surface area contributed by atoms with Crippen molar-refractivity contribution in [3.05, 3.63) is 69.4 Å². The zero-order valence-corrected chi connectivity index (χ0v) is 14.8. The molecule has 0 saturated heterocycles. The lowest BCUT2D eigenvalue weighted by atomic mass is 10.1. The lowest BCUT2D eigenvalue weighted by Gasteiger charge is -2.13. The second kappa shape index (κ2) is 5.93. The summed E-state index contributed by atoms with van der Waals surface area (Å²) >= 11 is 0. The summed E-state index contributed by atoms with van der Waals surface area (Å²) < 4.78 is 27.9. The molecule has 134 valence electrons. The second-order valence-corrected chi connectivity index (χ2v) is 8.32. The molecule has 0 fully saturated rings. The quantitative estimate of drug-likeness (QED) is 0.543. The SMILES string of the molecule is Cc1ccc2[nH]c3c(c2c1)CC(NS(=O)(=O)c1ccc([N+](=O)[O-])cc1)C3. The van der Waals surface area contributed by atoms with Crippen LogP contribution >= 0.6 is 0 Å². The van der Waals surface area contributed by atoms with Gasteiger partial charge in [-0.2, -0.15) is 0 Å². The van der Waals surface area contributed by atoms with E-state index in [9.17, 15) is 18.5 Å². The molecule has 1 aromatic heterocycles. The number of rotatable bonds is 4. The minimum Gasteiger partial charge on any atom is -0.358 e. The van der Waals surface area contributed by atoms with Crippen molar-refractivity contribution in [2.24, 2.45) is 0 Å². The summed E-state index contributed by atoms with van der Waals surface area (Å²) in [6.07, 6.45) is 1.21. The summed E-state index contributed by atoms with van der Waals surface area (Å²) in [4.78, 5) is 13.5. The molecule has 4 rings (SSSR count). The van der Waals surface area contributed by atoms with Gasteiger partial charge in [0.2, 0.25) is 10.0 Å². The Morgan fingerprint density at radius 2 is 1.88 bits per heavy atom. The monoisotopic (exact) mass is 371 g/mol. The van der Waals surface area contributed by atoms with Crippen molar-refractivity contribution >= 4 is 26.6 Å². The van der Waals surface area contributed by atoms with Crippen LogP contribution in [0.2, 0.25) is 0 Å². The van der Waals surface area contributed by atoms with Crippen LogP contribution in [0.3, 0.4) is 0 Å². The van der Waals surface area contributed by atoms with Gasteiger partial charge in [0.25, 0.3) is 5.69 Å². The van der Waals surface area contributed by atoms with Gasteiger partial charge < -0.3 is 4.98 Å². The van der Waals surface area contributed by atoms with Gasteiger partial charge in [-0.1, -0.05) is 11.6 Å². The Labute approximate surface area is 150 Å². The van der Waals surface area contributed by atoms with Crippen LogP contribution in [0.15, 0.2) is 47.4 Å². The highest BCUT2D eigenvalue weighted by atomic mass is 32.2. The van der Waals surface area contributed by atoms with Gasteiger partial charge >= 0.3 is 0 Å². The van der Waals surface area contributed by atoms with Crippen LogP contribution in [-0.2, 0) is 22.9 Å². The molecule has 2 aromatic carbocycles. The number of benzene rings is 2. The maximum absolute atomic E-state index is 12.6. The average molecular weight is 371 g/mol. The first-order valence-corrected chi connectivity index (χ1v) is 9.69. The third-order valence-electron chi connectivity index (χ3n) is 4.73. The van der Waals surface area contributed by atoms with E-state index in [1.807, 2.05) is 19.1 Å². The molecule has 3 aromatic rings. The molecule has 0 spiro atoms. The predicted molar refractivity (Wildman–Crippen MR) is 97.6 cm³/mol. The molecule has 0 amide bonds. The maximum atomic E-state index is 12.6. The van der Waals surface area contributed by atoms with Gasteiger partial charge in [-0.3, -0.25) is 10.1 Å². The second-order valence-electron chi connectivity index (χ2n) is 6.61. The molecular formula is C18H17N3O4S. The van der Waals surface area contributed by atoms with E-state index in [4.69, 9.17) is 0 Å². The van der Waals surface area contributed by atoms with Crippen LogP contribution in [-0.4, -0.2) is 24.4 Å². The van der Waals surface area contributed by atoms with E-state index in [2.05, 4.69) is 15.8 Å². The summed E-state index contributed by atoms with van der Waals surface area (Å²) in [5.74, 6) is 0. The molecule has 0 bridgehead atoms. The first kappa shape index (κ1) is 16.7. The number of aryl methyl sites for hydroxylation is 1. The number of aromatic amines is 1. The van der Waals surface area contributed by atoms with E-state index < -0.39 is 14.9 Å². The van der Waals surface area contributed by atoms with Crippen molar-refractivity contribution in [2.75, 3.05) is 0 Å². The summed E-state index contributed by atoms with van der Waals surface area (Å²) in [7, 11) is -3.73. The van der Waals surface area contributed by atoms with Gasteiger partial charge in [-0.25, -0.2) is 13.1 Å². The largest absolute Gasteiger partial charge is 0.358 e. The fourth-order valence-electron chi connectivity index (χ4n) is 3.51. The van der Waals surface area contributed by atoms with Crippen molar-refractivity contribution in [1.29, 1.82) is 0 Å². The number of aromatic nitrogens is 1. The lowest BCUT2D eigenvalue weighted by Crippen LogP contribution is -2.35. The predicted octanol–water partition coefficient (Wildman–Crippen LogP) is 2.83. The highest BCUT2D eigenvalue weighted by molar-refractivity contribution is 7.89. The van der Waals surface area contributed by atoms with Crippen LogP contribution in [0.25, 0.3) is 10.9 Å². The number of nitrogens with zero attached hydrogens (tertiary/aromatic N) is 1. The van der Waals surface area contributed by atoms with Gasteiger partial charge in [-0.05, 0) is 43.2 Å². The van der Waals surface area contributed by atoms with Gasteiger partial charge in [0.05, 0.1) is 9.82 Å². The van der Waals surface area contributed by atoms with E-state index in [0.717, 1.165) is 27.7 Å². The molecule has 1 aliphatic rings. The molecule has 0 aliphatic heterocycles. The summed E-state index contributed by atoms with van der Waals surface area (Å²) in [6.45, 7) is 2.03. The van der Waals surface area contributed by atoms with Crippen LogP contribution in [0.5, 0.6) is 0 Å². The maximum Gasteiger partial charge on any atom is 0.269 e. The van der Waals surface area contributed by atoms with Crippen LogP contribution in [0, 0.1) is 17.0 Å². The van der Waals surface area contributed by atoms with Gasteiger partial charge in [0.1, 0.15) is 0 Å². The molecule has 1 aliphatic carbocycles. The molecule has 1 unspecified atom stereocenters. The fourth-order valence-corrected chi connectivity index (χ4v) is 4.74. The molecule has 26 heavy (non-hydrogen) atoms. The minimum atomic E-state index is -3.73. The number of hydrogen-bond donors (Lipinski definition) is 2. The molecule has 0 saturated carbocycles. The Kier molecular flexibility index (Phi) is 3.82. The summed E-state index contributed by atoms with van der Waals surface area (Å²) in [5.41, 5.74) is 4.30. The number of sulfonamides is 1. The molecule has 7 nitrogen and oxygen atoms in total. The first-order valence-electron chi connectivity index (χ1n) is 8.20. The first-order chi connectivity index (χ1) is 12.3. The Bertz CT molecular complexity index is 1120. The Morgan fingerprint density at radius 3 is 2.58 bits per heavy atom. The van der Waals surface area contributed by atoms with Crippen molar-refractivity contribution in [3.8, 4) is 0 Å². The summed E-state index contributed by atoms with van der Waals surface area (Å²) in [5, 5.41) is 11.8. The highest BCUT2D eigenvalue weighted by Gasteiger charge is 2.29. The smallest absolute Gasteiger partial charge is 0.269 e. The third kappa shape index (κ3) is 2.87. The van der Waals surface area contributed by atoms with Crippen molar-refractivity contribution in [1.82, 2.24) is 9.71 Å².